The molecule has 0 heterocycles. The van der Waals surface area contributed by atoms with Gasteiger partial charge in [0, 0.05) is 5.56 Å². The highest BCUT2D eigenvalue weighted by atomic mass is 14.7. The van der Waals surface area contributed by atoms with Crippen molar-refractivity contribution in [2.45, 2.75) is 12.8 Å². The van der Waals surface area contributed by atoms with Crippen LogP contribution in [0.1, 0.15) is 24.0 Å². The number of fused-ring (bicyclic) bond motifs is 1. The van der Waals surface area contributed by atoms with Crippen LogP contribution in [0, 0.1) is 16.7 Å². The largest absolute Gasteiger partial charge is 0.384 e. The predicted molar refractivity (Wildman–Crippen MR) is 110 cm³/mol. The molecule has 3 aromatic rings. The monoisotopic (exact) mass is 349 g/mol. The number of nitrogen functional groups attached to an aromatic ring is 1. The number of rotatable bonds is 3. The van der Waals surface area contributed by atoms with Crippen LogP contribution in [-0.2, 0) is 0 Å². The summed E-state index contributed by atoms with van der Waals surface area (Å²) in [5.41, 5.74) is 11.5. The molecule has 0 unspecified atom stereocenters. The molecule has 0 atom stereocenters. The highest BCUT2D eigenvalue weighted by molar-refractivity contribution is 6.01. The molecule has 3 nitrogen and oxygen atoms in total. The summed E-state index contributed by atoms with van der Waals surface area (Å²) in [6, 6.07) is 22.1. The van der Waals surface area contributed by atoms with E-state index >= 15 is 0 Å². The van der Waals surface area contributed by atoms with Crippen LogP contribution in [-0.4, -0.2) is 5.84 Å². The Morgan fingerprint density at radius 3 is 1.89 bits per heavy atom. The maximum absolute atomic E-state index is 8.93. The lowest BCUT2D eigenvalue weighted by Crippen LogP contribution is -2.29. The normalized spacial score (nSPS) is 12.3. The molecule has 1 aliphatic carbocycles. The molecule has 0 saturated heterocycles. The molecule has 0 amide bonds. The highest BCUT2D eigenvalue weighted by Crippen LogP contribution is 2.26. The second-order valence-electron chi connectivity index (χ2n) is 6.69. The summed E-state index contributed by atoms with van der Waals surface area (Å²) in [4.78, 5) is 0. The Kier molecular flexibility index (Phi) is 4.32. The summed E-state index contributed by atoms with van der Waals surface area (Å²) in [5, 5.41) is 19.3. The van der Waals surface area contributed by atoms with Crippen molar-refractivity contribution in [3.63, 3.8) is 0 Å². The minimum atomic E-state index is 0.0861. The lowest BCUT2D eigenvalue weighted by molar-refractivity contribution is 1.12. The number of hydrogen-bond donors (Lipinski definition) is 2. The van der Waals surface area contributed by atoms with Crippen molar-refractivity contribution >= 4 is 18.0 Å². The Bertz CT molecular complexity index is 1180. The number of benzene rings is 3. The van der Waals surface area contributed by atoms with E-state index in [-0.39, 0.29) is 5.84 Å². The second-order valence-corrected chi connectivity index (χ2v) is 6.69. The van der Waals surface area contributed by atoms with Crippen LogP contribution in [0.2, 0.25) is 0 Å². The number of nitrogens with two attached hydrogens (primary N) is 1. The minimum absolute atomic E-state index is 0.0861. The van der Waals surface area contributed by atoms with Gasteiger partial charge in [0.05, 0.1) is 11.6 Å². The van der Waals surface area contributed by atoms with Gasteiger partial charge in [0.15, 0.2) is 0 Å². The maximum Gasteiger partial charge on any atom is 0.123 e. The molecule has 27 heavy (non-hydrogen) atoms. The van der Waals surface area contributed by atoms with Gasteiger partial charge in [-0.05, 0) is 69.8 Å². The SMILES string of the molecule is N#Cc1ccc(-c2ccc(-c3cc4c(cc3C(=N)N)=CCCC=4)cc2)cc1. The molecule has 4 rings (SSSR count). The van der Waals surface area contributed by atoms with Crippen molar-refractivity contribution in [2.24, 2.45) is 5.73 Å². The van der Waals surface area contributed by atoms with Crippen LogP contribution in [0.25, 0.3) is 34.4 Å². The van der Waals surface area contributed by atoms with Crippen molar-refractivity contribution in [1.29, 1.82) is 10.7 Å². The lowest BCUT2D eigenvalue weighted by Gasteiger charge is -2.12. The molecule has 1 aliphatic rings. The molecular formula is C24H19N3. The summed E-state index contributed by atoms with van der Waals surface area (Å²) >= 11 is 0. The smallest absolute Gasteiger partial charge is 0.123 e. The molecule has 0 aliphatic heterocycles. The summed E-state index contributed by atoms with van der Waals surface area (Å²) in [7, 11) is 0. The van der Waals surface area contributed by atoms with E-state index in [1.165, 1.54) is 5.22 Å². The van der Waals surface area contributed by atoms with E-state index in [2.05, 4.69) is 48.6 Å². The van der Waals surface area contributed by atoms with Crippen molar-refractivity contribution in [3.05, 3.63) is 82.2 Å². The number of hydrogen-bond acceptors (Lipinski definition) is 2. The average molecular weight is 349 g/mol. The van der Waals surface area contributed by atoms with Gasteiger partial charge in [-0.3, -0.25) is 5.41 Å². The van der Waals surface area contributed by atoms with Gasteiger partial charge in [-0.25, -0.2) is 0 Å². The van der Waals surface area contributed by atoms with Crippen molar-refractivity contribution in [1.82, 2.24) is 0 Å². The Hall–Kier alpha value is -3.64. The Labute approximate surface area is 158 Å². The van der Waals surface area contributed by atoms with Crippen LogP contribution in [0.15, 0.2) is 60.7 Å². The topological polar surface area (TPSA) is 73.7 Å². The van der Waals surface area contributed by atoms with Crippen LogP contribution in [0.4, 0.5) is 0 Å². The average Bonchev–Trinajstić information content (AvgIpc) is 2.73. The van der Waals surface area contributed by atoms with E-state index in [9.17, 15) is 0 Å². The molecule has 0 radical (unpaired) electrons. The zero-order chi connectivity index (χ0) is 18.8. The fourth-order valence-corrected chi connectivity index (χ4v) is 3.51. The standard InChI is InChI=1S/C24H19N3/c25-15-16-5-7-17(8-6-16)18-9-11-19(12-10-18)22-13-20-3-1-2-4-21(20)14-23(22)24(26)27/h3-14H,1-2H2,(H3,26,27). The first kappa shape index (κ1) is 16.8. The fourth-order valence-electron chi connectivity index (χ4n) is 3.51. The van der Waals surface area contributed by atoms with Gasteiger partial charge in [0.25, 0.3) is 0 Å². The maximum atomic E-state index is 8.93. The fraction of sp³-hybridized carbons (Fsp3) is 0.0833. The second kappa shape index (κ2) is 6.93. The van der Waals surface area contributed by atoms with Gasteiger partial charge >= 0.3 is 0 Å². The molecule has 3 aromatic carbocycles. The van der Waals surface area contributed by atoms with E-state index in [1.54, 1.807) is 0 Å². The highest BCUT2D eigenvalue weighted by Gasteiger charge is 2.10. The van der Waals surface area contributed by atoms with E-state index in [0.717, 1.165) is 45.9 Å². The van der Waals surface area contributed by atoms with Gasteiger partial charge < -0.3 is 5.73 Å². The quantitative estimate of drug-likeness (QED) is 0.561. The first-order chi connectivity index (χ1) is 13.2. The third-order valence-electron chi connectivity index (χ3n) is 4.95. The molecular weight excluding hydrogens is 330 g/mol. The van der Waals surface area contributed by atoms with Crippen LogP contribution >= 0.6 is 0 Å². The molecule has 0 saturated carbocycles. The van der Waals surface area contributed by atoms with Crippen LogP contribution in [0.3, 0.4) is 0 Å². The zero-order valence-electron chi connectivity index (χ0n) is 14.9. The predicted octanol–water partition coefficient (Wildman–Crippen LogP) is 3.53. The summed E-state index contributed by atoms with van der Waals surface area (Å²) in [6.07, 6.45) is 6.53. The Morgan fingerprint density at radius 2 is 1.33 bits per heavy atom. The van der Waals surface area contributed by atoms with Crippen molar-refractivity contribution in [2.75, 3.05) is 0 Å². The van der Waals surface area contributed by atoms with Crippen molar-refractivity contribution < 1.29 is 0 Å². The number of nitriles is 1. The van der Waals surface area contributed by atoms with Gasteiger partial charge in [-0.2, -0.15) is 5.26 Å². The molecule has 0 spiro atoms. The summed E-state index contributed by atoms with van der Waals surface area (Å²) < 4.78 is 0. The van der Waals surface area contributed by atoms with Crippen LogP contribution in [0.5, 0.6) is 0 Å². The first-order valence-corrected chi connectivity index (χ1v) is 8.95. The number of nitrogens with zero attached hydrogens (tertiary/aromatic N) is 1. The number of nitrogens with one attached hydrogen (secondary N) is 1. The molecule has 3 N–H and O–H groups in total. The van der Waals surface area contributed by atoms with Crippen LogP contribution < -0.4 is 16.2 Å². The van der Waals surface area contributed by atoms with Crippen molar-refractivity contribution in [3.8, 4) is 28.3 Å². The van der Waals surface area contributed by atoms with Gasteiger partial charge in [-0.15, -0.1) is 0 Å². The third-order valence-corrected chi connectivity index (χ3v) is 4.95. The Balaban J connectivity index is 1.78. The Morgan fingerprint density at radius 1 is 0.815 bits per heavy atom. The van der Waals surface area contributed by atoms with Gasteiger partial charge in [0.1, 0.15) is 5.84 Å². The molecule has 0 aromatic heterocycles. The van der Waals surface area contributed by atoms with E-state index in [1.807, 2.05) is 30.3 Å². The lowest BCUT2D eigenvalue weighted by atomic mass is 9.93. The molecule has 130 valence electrons. The van der Waals surface area contributed by atoms with E-state index in [0.29, 0.717) is 5.56 Å². The van der Waals surface area contributed by atoms with Gasteiger partial charge in [-0.1, -0.05) is 48.6 Å². The summed E-state index contributed by atoms with van der Waals surface area (Å²) in [6.45, 7) is 0. The molecule has 0 bridgehead atoms. The van der Waals surface area contributed by atoms with Gasteiger partial charge in [0.2, 0.25) is 0 Å². The molecule has 3 heteroatoms. The zero-order valence-corrected chi connectivity index (χ0v) is 14.9. The third kappa shape index (κ3) is 3.26. The minimum Gasteiger partial charge on any atom is -0.384 e. The molecule has 0 fully saturated rings. The van der Waals surface area contributed by atoms with E-state index in [4.69, 9.17) is 16.4 Å². The first-order valence-electron chi connectivity index (χ1n) is 8.95. The summed E-state index contributed by atoms with van der Waals surface area (Å²) in [5.74, 6) is 0.0861. The number of amidine groups is 1. The van der Waals surface area contributed by atoms with E-state index < -0.39 is 0 Å².